The Hall–Kier alpha value is -1.91. The third-order valence-corrected chi connectivity index (χ3v) is 4.46. The quantitative estimate of drug-likeness (QED) is 0.922. The standard InChI is InChI=1S/C19H22N2O2/c1-2-7-17(15(5-1)14-8-9-14)23-19(16-6-3-4-10-21-16)18-13-20-11-12-22-18/h1-7,10,14,18-20H,8-9,11-13H2. The molecule has 2 aliphatic rings. The highest BCUT2D eigenvalue weighted by molar-refractivity contribution is 5.39. The van der Waals surface area contributed by atoms with E-state index in [0.29, 0.717) is 12.5 Å². The van der Waals surface area contributed by atoms with Gasteiger partial charge in [-0.1, -0.05) is 24.3 Å². The molecule has 1 N–H and O–H groups in total. The van der Waals surface area contributed by atoms with E-state index in [9.17, 15) is 0 Å². The van der Waals surface area contributed by atoms with Crippen molar-refractivity contribution in [3.63, 3.8) is 0 Å². The first-order valence-electron chi connectivity index (χ1n) is 8.40. The van der Waals surface area contributed by atoms with Gasteiger partial charge in [0.2, 0.25) is 0 Å². The molecular weight excluding hydrogens is 288 g/mol. The number of ether oxygens (including phenoxy) is 2. The van der Waals surface area contributed by atoms with Gasteiger partial charge in [0.15, 0.2) is 6.10 Å². The normalized spacial score (nSPS) is 22.5. The zero-order valence-electron chi connectivity index (χ0n) is 13.2. The third kappa shape index (κ3) is 3.38. The molecule has 4 rings (SSSR count). The average Bonchev–Trinajstić information content (AvgIpc) is 3.46. The summed E-state index contributed by atoms with van der Waals surface area (Å²) in [7, 11) is 0. The van der Waals surface area contributed by atoms with Gasteiger partial charge in [-0.2, -0.15) is 0 Å². The molecule has 1 aliphatic carbocycles. The fourth-order valence-electron chi connectivity index (χ4n) is 3.11. The van der Waals surface area contributed by atoms with Gasteiger partial charge in [0, 0.05) is 19.3 Å². The van der Waals surface area contributed by atoms with Crippen molar-refractivity contribution < 1.29 is 9.47 Å². The maximum atomic E-state index is 6.44. The van der Waals surface area contributed by atoms with Crippen LogP contribution in [0.2, 0.25) is 0 Å². The minimum atomic E-state index is -0.191. The molecule has 1 saturated heterocycles. The predicted octanol–water partition coefficient (Wildman–Crippen LogP) is 3.07. The van der Waals surface area contributed by atoms with Crippen LogP contribution in [-0.4, -0.2) is 30.8 Å². The summed E-state index contributed by atoms with van der Waals surface area (Å²) in [4.78, 5) is 4.51. The zero-order chi connectivity index (χ0) is 15.5. The number of aromatic nitrogens is 1. The fraction of sp³-hybridized carbons (Fsp3) is 0.421. The van der Waals surface area contributed by atoms with Gasteiger partial charge < -0.3 is 14.8 Å². The second-order valence-corrected chi connectivity index (χ2v) is 6.22. The summed E-state index contributed by atoms with van der Waals surface area (Å²) in [5.74, 6) is 1.63. The van der Waals surface area contributed by atoms with Gasteiger partial charge in [-0.05, 0) is 42.5 Å². The zero-order valence-corrected chi connectivity index (χ0v) is 13.2. The van der Waals surface area contributed by atoms with Crippen molar-refractivity contribution in [2.75, 3.05) is 19.7 Å². The Kier molecular flexibility index (Phi) is 4.26. The molecule has 2 unspecified atom stereocenters. The molecule has 1 aliphatic heterocycles. The number of pyridine rings is 1. The molecule has 23 heavy (non-hydrogen) atoms. The van der Waals surface area contributed by atoms with Crippen LogP contribution in [0.3, 0.4) is 0 Å². The highest BCUT2D eigenvalue weighted by atomic mass is 16.5. The molecule has 1 aromatic heterocycles. The van der Waals surface area contributed by atoms with Crippen LogP contribution in [0.1, 0.15) is 36.1 Å². The number of hydrogen-bond acceptors (Lipinski definition) is 4. The Bertz CT molecular complexity index is 637. The Balaban J connectivity index is 1.63. The van der Waals surface area contributed by atoms with Gasteiger partial charge in [-0.3, -0.25) is 4.98 Å². The van der Waals surface area contributed by atoms with Crippen LogP contribution >= 0.6 is 0 Å². The molecule has 2 atom stereocenters. The van der Waals surface area contributed by atoms with E-state index in [1.54, 1.807) is 0 Å². The molecule has 0 spiro atoms. The lowest BCUT2D eigenvalue weighted by Gasteiger charge is -2.31. The van der Waals surface area contributed by atoms with Gasteiger partial charge >= 0.3 is 0 Å². The van der Waals surface area contributed by atoms with Crippen molar-refractivity contribution in [1.29, 1.82) is 0 Å². The summed E-state index contributed by atoms with van der Waals surface area (Å²) in [6.07, 6.45) is 4.12. The van der Waals surface area contributed by atoms with Crippen LogP contribution in [-0.2, 0) is 4.74 Å². The molecule has 2 fully saturated rings. The minimum Gasteiger partial charge on any atom is -0.481 e. The smallest absolute Gasteiger partial charge is 0.168 e. The van der Waals surface area contributed by atoms with E-state index in [1.165, 1.54) is 18.4 Å². The summed E-state index contributed by atoms with van der Waals surface area (Å²) in [6, 6.07) is 14.3. The topological polar surface area (TPSA) is 43.4 Å². The molecule has 4 nitrogen and oxygen atoms in total. The number of rotatable bonds is 5. The third-order valence-electron chi connectivity index (χ3n) is 4.46. The highest BCUT2D eigenvalue weighted by Crippen LogP contribution is 2.45. The molecule has 2 heterocycles. The molecule has 2 aromatic rings. The summed E-state index contributed by atoms with van der Waals surface area (Å²) >= 11 is 0. The van der Waals surface area contributed by atoms with Gasteiger partial charge in [-0.25, -0.2) is 0 Å². The van der Waals surface area contributed by atoms with E-state index < -0.39 is 0 Å². The number of morpholine rings is 1. The van der Waals surface area contributed by atoms with E-state index >= 15 is 0 Å². The Labute approximate surface area is 136 Å². The highest BCUT2D eigenvalue weighted by Gasteiger charge is 2.32. The number of nitrogens with zero attached hydrogens (tertiary/aromatic N) is 1. The molecule has 0 radical (unpaired) electrons. The Morgan fingerprint density at radius 1 is 1.13 bits per heavy atom. The first kappa shape index (κ1) is 14.7. The van der Waals surface area contributed by atoms with Gasteiger partial charge in [-0.15, -0.1) is 0 Å². The summed E-state index contributed by atoms with van der Waals surface area (Å²) < 4.78 is 12.4. The molecule has 1 saturated carbocycles. The van der Waals surface area contributed by atoms with Crippen molar-refractivity contribution in [3.05, 3.63) is 59.9 Å². The monoisotopic (exact) mass is 310 g/mol. The number of hydrogen-bond donors (Lipinski definition) is 1. The van der Waals surface area contributed by atoms with Crippen molar-refractivity contribution in [2.45, 2.75) is 31.0 Å². The summed E-state index contributed by atoms with van der Waals surface area (Å²) in [6.45, 7) is 2.39. The van der Waals surface area contributed by atoms with Crippen molar-refractivity contribution >= 4 is 0 Å². The molecule has 0 amide bonds. The van der Waals surface area contributed by atoms with E-state index in [2.05, 4.69) is 28.5 Å². The average molecular weight is 310 g/mol. The van der Waals surface area contributed by atoms with Crippen molar-refractivity contribution in [1.82, 2.24) is 10.3 Å². The lowest BCUT2D eigenvalue weighted by molar-refractivity contribution is -0.0449. The largest absolute Gasteiger partial charge is 0.481 e. The van der Waals surface area contributed by atoms with Crippen LogP contribution in [0.5, 0.6) is 5.75 Å². The molecular formula is C19H22N2O2. The van der Waals surface area contributed by atoms with Crippen molar-refractivity contribution in [2.24, 2.45) is 0 Å². The van der Waals surface area contributed by atoms with Gasteiger partial charge in [0.1, 0.15) is 11.9 Å². The maximum Gasteiger partial charge on any atom is 0.168 e. The summed E-state index contributed by atoms with van der Waals surface area (Å²) in [5, 5.41) is 3.39. The van der Waals surface area contributed by atoms with Gasteiger partial charge in [0.25, 0.3) is 0 Å². The number of para-hydroxylation sites is 1. The second-order valence-electron chi connectivity index (χ2n) is 6.22. The van der Waals surface area contributed by atoms with E-state index in [-0.39, 0.29) is 12.2 Å². The van der Waals surface area contributed by atoms with Crippen LogP contribution in [0, 0.1) is 0 Å². The first-order chi connectivity index (χ1) is 11.4. The predicted molar refractivity (Wildman–Crippen MR) is 88.6 cm³/mol. The molecule has 0 bridgehead atoms. The van der Waals surface area contributed by atoms with E-state index in [4.69, 9.17) is 9.47 Å². The lowest BCUT2D eigenvalue weighted by atomic mass is 10.1. The van der Waals surface area contributed by atoms with Crippen LogP contribution < -0.4 is 10.1 Å². The Morgan fingerprint density at radius 2 is 2.00 bits per heavy atom. The maximum absolute atomic E-state index is 6.44. The number of benzene rings is 1. The van der Waals surface area contributed by atoms with E-state index in [0.717, 1.165) is 24.5 Å². The number of nitrogens with one attached hydrogen (secondary N) is 1. The van der Waals surface area contributed by atoms with Crippen LogP contribution in [0.15, 0.2) is 48.7 Å². The minimum absolute atomic E-state index is 0.0223. The van der Waals surface area contributed by atoms with Crippen LogP contribution in [0.25, 0.3) is 0 Å². The SMILES string of the molecule is c1ccc(C(Oc2ccccc2C2CC2)C2CNCCO2)nc1. The first-order valence-corrected chi connectivity index (χ1v) is 8.40. The fourth-order valence-corrected chi connectivity index (χ4v) is 3.11. The second kappa shape index (κ2) is 6.69. The molecule has 1 aromatic carbocycles. The summed E-state index contributed by atoms with van der Waals surface area (Å²) in [5.41, 5.74) is 2.24. The van der Waals surface area contributed by atoms with Gasteiger partial charge in [0.05, 0.1) is 12.3 Å². The Morgan fingerprint density at radius 3 is 2.74 bits per heavy atom. The van der Waals surface area contributed by atoms with E-state index in [1.807, 2.05) is 30.5 Å². The van der Waals surface area contributed by atoms with Crippen molar-refractivity contribution in [3.8, 4) is 5.75 Å². The molecule has 120 valence electrons. The lowest BCUT2D eigenvalue weighted by Crippen LogP contribution is -2.43. The molecule has 4 heteroatoms. The van der Waals surface area contributed by atoms with Crippen LogP contribution in [0.4, 0.5) is 0 Å².